The number of amides is 1. The van der Waals surface area contributed by atoms with Crippen molar-refractivity contribution in [3.8, 4) is 0 Å². The molecule has 0 saturated carbocycles. The number of fused-ring (bicyclic) bond motifs is 1. The maximum Gasteiger partial charge on any atom is 0.295 e. The lowest BCUT2D eigenvalue weighted by atomic mass is 10.1. The highest BCUT2D eigenvalue weighted by molar-refractivity contribution is 5.82. The summed E-state index contributed by atoms with van der Waals surface area (Å²) in [4.78, 5) is 30.6. The number of benzene rings is 3. The van der Waals surface area contributed by atoms with E-state index in [1.165, 1.54) is 4.57 Å². The molecule has 9 nitrogen and oxygen atoms in total. The molecule has 0 unspecified atom stereocenters. The van der Waals surface area contributed by atoms with Gasteiger partial charge in [0, 0.05) is 42.6 Å². The predicted octanol–water partition coefficient (Wildman–Crippen LogP) is 4.08. The van der Waals surface area contributed by atoms with E-state index in [0.29, 0.717) is 25.3 Å². The van der Waals surface area contributed by atoms with Crippen molar-refractivity contribution in [1.29, 1.82) is 0 Å². The van der Waals surface area contributed by atoms with Crippen LogP contribution in [0.4, 0.5) is 5.82 Å². The molecule has 0 aliphatic carbocycles. The van der Waals surface area contributed by atoms with E-state index in [1.807, 2.05) is 90.8 Å². The van der Waals surface area contributed by atoms with E-state index in [-0.39, 0.29) is 23.8 Å². The van der Waals surface area contributed by atoms with Crippen LogP contribution in [0.1, 0.15) is 28.1 Å². The van der Waals surface area contributed by atoms with Gasteiger partial charge in [-0.1, -0.05) is 66.7 Å². The second-order valence-electron chi connectivity index (χ2n) is 9.56. The predicted molar refractivity (Wildman–Crippen MR) is 152 cm³/mol. The van der Waals surface area contributed by atoms with E-state index in [0.717, 1.165) is 33.3 Å². The summed E-state index contributed by atoms with van der Waals surface area (Å²) in [6.45, 7) is 5.10. The van der Waals surface area contributed by atoms with Crippen LogP contribution < -0.4 is 16.3 Å². The Hall–Kier alpha value is -4.76. The van der Waals surface area contributed by atoms with E-state index < -0.39 is 0 Å². The molecule has 0 aliphatic rings. The van der Waals surface area contributed by atoms with Crippen LogP contribution in [0, 0.1) is 13.8 Å². The van der Waals surface area contributed by atoms with Gasteiger partial charge in [-0.25, -0.2) is 9.99 Å². The van der Waals surface area contributed by atoms with Gasteiger partial charge >= 0.3 is 0 Å². The molecule has 0 radical (unpaired) electrons. The number of H-pyrrole nitrogens is 1. The fourth-order valence-corrected chi connectivity index (χ4v) is 4.43. The van der Waals surface area contributed by atoms with E-state index in [4.69, 9.17) is 0 Å². The fraction of sp³-hybridized carbons (Fsp3) is 0.200. The quantitative estimate of drug-likeness (QED) is 0.239. The number of anilines is 1. The molecule has 1 amide bonds. The van der Waals surface area contributed by atoms with Crippen molar-refractivity contribution in [3.05, 3.63) is 123 Å². The summed E-state index contributed by atoms with van der Waals surface area (Å²) in [7, 11) is 0. The van der Waals surface area contributed by atoms with Gasteiger partial charge in [-0.05, 0) is 42.7 Å². The Balaban J connectivity index is 1.30. The van der Waals surface area contributed by atoms with Crippen molar-refractivity contribution in [3.63, 3.8) is 0 Å². The van der Waals surface area contributed by atoms with Gasteiger partial charge in [-0.2, -0.15) is 5.10 Å². The number of aromatic nitrogens is 4. The number of rotatable bonds is 10. The zero-order valence-corrected chi connectivity index (χ0v) is 22.0. The van der Waals surface area contributed by atoms with Crippen molar-refractivity contribution < 1.29 is 4.79 Å². The number of hydrogen-bond donors (Lipinski definition) is 3. The summed E-state index contributed by atoms with van der Waals surface area (Å²) < 4.78 is 1.44. The first-order valence-electron chi connectivity index (χ1n) is 12.8. The van der Waals surface area contributed by atoms with E-state index in [2.05, 4.69) is 25.9 Å². The van der Waals surface area contributed by atoms with Gasteiger partial charge in [-0.3, -0.25) is 24.7 Å². The Morgan fingerprint density at radius 1 is 0.923 bits per heavy atom. The third-order valence-corrected chi connectivity index (χ3v) is 6.55. The minimum atomic E-state index is -0.355. The molecule has 198 valence electrons. The highest BCUT2D eigenvalue weighted by Gasteiger charge is 2.15. The second-order valence-corrected chi connectivity index (χ2v) is 9.56. The van der Waals surface area contributed by atoms with Crippen molar-refractivity contribution in [2.45, 2.75) is 40.0 Å². The molecule has 39 heavy (non-hydrogen) atoms. The van der Waals surface area contributed by atoms with Crippen molar-refractivity contribution in [2.24, 2.45) is 0 Å². The van der Waals surface area contributed by atoms with Crippen molar-refractivity contribution in [1.82, 2.24) is 30.1 Å². The largest absolute Gasteiger partial charge is 0.350 e. The summed E-state index contributed by atoms with van der Waals surface area (Å²) in [6.07, 6.45) is 1.61. The molecule has 9 heteroatoms. The van der Waals surface area contributed by atoms with Crippen molar-refractivity contribution in [2.75, 3.05) is 5.43 Å². The van der Waals surface area contributed by atoms with Crippen LogP contribution in [0.2, 0.25) is 0 Å². The molecule has 5 rings (SSSR count). The molecule has 0 bridgehead atoms. The van der Waals surface area contributed by atoms with Gasteiger partial charge in [0.05, 0.1) is 5.52 Å². The van der Waals surface area contributed by atoms with Crippen LogP contribution in [0.15, 0.2) is 89.9 Å². The van der Waals surface area contributed by atoms with Gasteiger partial charge < -0.3 is 5.32 Å². The Kier molecular flexibility index (Phi) is 7.79. The molecule has 0 atom stereocenters. The molecular formula is C30H31N7O2. The SMILES string of the molecule is Cc1[nH]nc2ccc(CNC(=O)Cn3c(C)cnc(NN(Cc4ccccc4)Cc4ccccc4)c3=O)cc12. The topological polar surface area (TPSA) is 108 Å². The lowest BCUT2D eigenvalue weighted by Gasteiger charge is -2.24. The number of aryl methyl sites for hydroxylation is 2. The molecule has 0 fully saturated rings. The third kappa shape index (κ3) is 6.39. The van der Waals surface area contributed by atoms with Crippen LogP contribution in [0.25, 0.3) is 10.9 Å². The summed E-state index contributed by atoms with van der Waals surface area (Å²) in [5.74, 6) is -0.0899. The average Bonchev–Trinajstić information content (AvgIpc) is 3.32. The van der Waals surface area contributed by atoms with Gasteiger partial charge in [-0.15, -0.1) is 0 Å². The summed E-state index contributed by atoms with van der Waals surface area (Å²) >= 11 is 0. The lowest BCUT2D eigenvalue weighted by molar-refractivity contribution is -0.121. The van der Waals surface area contributed by atoms with Crippen molar-refractivity contribution >= 4 is 22.6 Å². The van der Waals surface area contributed by atoms with Gasteiger partial charge in [0.2, 0.25) is 11.7 Å². The first kappa shape index (κ1) is 25.9. The zero-order valence-electron chi connectivity index (χ0n) is 22.0. The number of hydrazine groups is 1. The molecule has 0 saturated heterocycles. The molecule has 2 heterocycles. The number of carbonyl (C=O) groups is 1. The number of nitrogens with zero attached hydrogens (tertiary/aromatic N) is 4. The van der Waals surface area contributed by atoms with Crippen LogP contribution in [0.3, 0.4) is 0 Å². The number of carbonyl (C=O) groups excluding carboxylic acids is 1. The highest BCUT2D eigenvalue weighted by atomic mass is 16.2. The van der Waals surface area contributed by atoms with Crippen LogP contribution >= 0.6 is 0 Å². The normalized spacial score (nSPS) is 11.2. The molecule has 2 aromatic heterocycles. The summed E-state index contributed by atoms with van der Waals surface area (Å²) in [5, 5.41) is 13.1. The zero-order chi connectivity index (χ0) is 27.2. The van der Waals surface area contributed by atoms with Gasteiger partial charge in [0.1, 0.15) is 6.54 Å². The molecule has 0 spiro atoms. The van der Waals surface area contributed by atoms with E-state index in [9.17, 15) is 9.59 Å². The Bertz CT molecular complexity index is 1590. The summed E-state index contributed by atoms with van der Waals surface area (Å²) in [6, 6.07) is 25.9. The molecule has 5 aromatic rings. The second kappa shape index (κ2) is 11.7. The van der Waals surface area contributed by atoms with E-state index >= 15 is 0 Å². The lowest BCUT2D eigenvalue weighted by Crippen LogP contribution is -2.37. The minimum absolute atomic E-state index is 0.105. The van der Waals surface area contributed by atoms with Gasteiger partial charge in [0.15, 0.2) is 0 Å². The third-order valence-electron chi connectivity index (χ3n) is 6.55. The monoisotopic (exact) mass is 521 g/mol. The maximum absolute atomic E-state index is 13.4. The van der Waals surface area contributed by atoms with E-state index in [1.54, 1.807) is 13.1 Å². The number of hydrogen-bond acceptors (Lipinski definition) is 6. The fourth-order valence-electron chi connectivity index (χ4n) is 4.43. The van der Waals surface area contributed by atoms with Crippen LogP contribution in [-0.2, 0) is 31.0 Å². The minimum Gasteiger partial charge on any atom is -0.350 e. The van der Waals surface area contributed by atoms with Crippen LogP contribution in [0.5, 0.6) is 0 Å². The Morgan fingerprint density at radius 2 is 1.59 bits per heavy atom. The molecule has 3 aromatic carbocycles. The average molecular weight is 522 g/mol. The highest BCUT2D eigenvalue weighted by Crippen LogP contribution is 2.17. The maximum atomic E-state index is 13.4. The van der Waals surface area contributed by atoms with Gasteiger partial charge in [0.25, 0.3) is 5.56 Å². The standard InChI is InChI=1S/C30H31N7O2/c1-21-16-32-29(35-36(18-23-9-5-3-6-10-23)19-24-11-7-4-8-12-24)30(39)37(21)20-28(38)31-17-25-13-14-27-26(15-25)22(2)33-34-27/h3-16H,17-20H2,1-2H3,(H,31,38)(H,32,35)(H,33,34). The first-order chi connectivity index (χ1) is 19.0. The molecular weight excluding hydrogens is 490 g/mol. The summed E-state index contributed by atoms with van der Waals surface area (Å²) in [5.41, 5.74) is 8.47. The number of nitrogens with one attached hydrogen (secondary N) is 3. The molecule has 3 N–H and O–H groups in total. The number of aromatic amines is 1. The Morgan fingerprint density at radius 3 is 2.26 bits per heavy atom. The first-order valence-corrected chi connectivity index (χ1v) is 12.8. The van der Waals surface area contributed by atoms with Crippen LogP contribution in [-0.4, -0.2) is 30.7 Å². The Labute approximate surface area is 226 Å². The molecule has 0 aliphatic heterocycles. The smallest absolute Gasteiger partial charge is 0.295 e.